The van der Waals surface area contributed by atoms with Gasteiger partial charge in [0, 0.05) is 22.5 Å². The number of oxime groups is 1. The molecule has 0 saturated carbocycles. The second kappa shape index (κ2) is 8.14. The lowest BCUT2D eigenvalue weighted by Crippen LogP contribution is -2.05. The third-order valence-corrected chi connectivity index (χ3v) is 4.95. The van der Waals surface area contributed by atoms with Gasteiger partial charge in [0.05, 0.1) is 23.5 Å². The summed E-state index contributed by atoms with van der Waals surface area (Å²) in [5.74, 6) is 0. The first kappa shape index (κ1) is 19.4. The second-order valence-corrected chi connectivity index (χ2v) is 7.19. The van der Waals surface area contributed by atoms with E-state index in [4.69, 9.17) is 10.1 Å². The maximum atomic E-state index is 9.15. The molecule has 142 valence electrons. The molecule has 0 aliphatic heterocycles. The molecule has 0 atom stereocenters. The zero-order valence-electron chi connectivity index (χ0n) is 17.1. The molecule has 3 aromatic rings. The van der Waals surface area contributed by atoms with Crippen molar-refractivity contribution < 1.29 is 4.84 Å². The predicted molar refractivity (Wildman–Crippen MR) is 113 cm³/mol. The van der Waals surface area contributed by atoms with Gasteiger partial charge in [-0.05, 0) is 57.9 Å². The van der Waals surface area contributed by atoms with Crippen molar-refractivity contribution in [2.75, 3.05) is 0 Å². The number of nitrogens with zero attached hydrogens (tertiary/aromatic N) is 3. The zero-order chi connectivity index (χ0) is 20.3. The molecule has 28 heavy (non-hydrogen) atoms. The first-order chi connectivity index (χ1) is 13.4. The topological polar surface area (TPSA) is 50.3 Å². The number of hydrogen-bond acceptors (Lipinski definition) is 3. The van der Waals surface area contributed by atoms with E-state index in [2.05, 4.69) is 68.6 Å². The van der Waals surface area contributed by atoms with Crippen LogP contribution in [-0.4, -0.2) is 10.8 Å². The molecule has 4 heteroatoms. The maximum absolute atomic E-state index is 9.15. The standard InChI is InChI=1S/C24H25N3O/c1-16-10-17(2)24(18(3)11-16)27-19(4)12-23(20(27)5)14-26-28-15-22-9-7-6-8-21(22)13-25/h6-12,14H,15H2,1-5H3/b26-14-. The van der Waals surface area contributed by atoms with Crippen LogP contribution in [0.25, 0.3) is 5.69 Å². The van der Waals surface area contributed by atoms with Crippen LogP contribution in [0.4, 0.5) is 0 Å². The molecule has 0 saturated heterocycles. The summed E-state index contributed by atoms with van der Waals surface area (Å²) in [6.07, 6.45) is 1.74. The van der Waals surface area contributed by atoms with Crippen LogP contribution in [0.15, 0.2) is 47.6 Å². The van der Waals surface area contributed by atoms with E-state index in [9.17, 15) is 0 Å². The summed E-state index contributed by atoms with van der Waals surface area (Å²) < 4.78 is 2.27. The second-order valence-electron chi connectivity index (χ2n) is 7.19. The van der Waals surface area contributed by atoms with Crippen molar-refractivity contribution in [3.05, 3.63) is 87.2 Å². The van der Waals surface area contributed by atoms with Crippen molar-refractivity contribution in [2.24, 2.45) is 5.16 Å². The van der Waals surface area contributed by atoms with Crippen molar-refractivity contribution >= 4 is 6.21 Å². The number of nitriles is 1. The van der Waals surface area contributed by atoms with Crippen LogP contribution in [0.5, 0.6) is 0 Å². The molecule has 1 aromatic heterocycles. The Morgan fingerprint density at radius 2 is 1.71 bits per heavy atom. The highest BCUT2D eigenvalue weighted by atomic mass is 16.6. The smallest absolute Gasteiger partial charge is 0.143 e. The molecule has 0 aliphatic rings. The largest absolute Gasteiger partial charge is 0.391 e. The fraction of sp³-hybridized carbons (Fsp3) is 0.250. The van der Waals surface area contributed by atoms with Gasteiger partial charge in [-0.15, -0.1) is 0 Å². The van der Waals surface area contributed by atoms with Crippen LogP contribution in [0.2, 0.25) is 0 Å². The Balaban J connectivity index is 1.83. The number of aryl methyl sites for hydroxylation is 4. The van der Waals surface area contributed by atoms with Gasteiger partial charge in [0.15, 0.2) is 0 Å². The molecule has 3 rings (SSSR count). The molecule has 4 nitrogen and oxygen atoms in total. The zero-order valence-corrected chi connectivity index (χ0v) is 17.1. The molecular weight excluding hydrogens is 346 g/mol. The van der Waals surface area contributed by atoms with E-state index in [-0.39, 0.29) is 6.61 Å². The first-order valence-electron chi connectivity index (χ1n) is 9.33. The predicted octanol–water partition coefficient (Wildman–Crippen LogP) is 5.44. The maximum Gasteiger partial charge on any atom is 0.143 e. The molecule has 1 heterocycles. The normalized spacial score (nSPS) is 11.0. The lowest BCUT2D eigenvalue weighted by molar-refractivity contribution is 0.132. The molecule has 0 unspecified atom stereocenters. The van der Waals surface area contributed by atoms with Gasteiger partial charge in [0.1, 0.15) is 6.61 Å². The molecule has 2 aromatic carbocycles. The molecular formula is C24H25N3O. The van der Waals surface area contributed by atoms with Crippen LogP contribution in [0.1, 0.15) is 44.8 Å². The number of hydrogen-bond donors (Lipinski definition) is 0. The Morgan fingerprint density at radius 1 is 1.04 bits per heavy atom. The summed E-state index contributed by atoms with van der Waals surface area (Å²) in [6, 6.07) is 16.1. The van der Waals surface area contributed by atoms with E-state index < -0.39 is 0 Å². The third kappa shape index (κ3) is 3.84. The van der Waals surface area contributed by atoms with Crippen LogP contribution < -0.4 is 0 Å². The Bertz CT molecular complexity index is 1060. The highest BCUT2D eigenvalue weighted by Gasteiger charge is 2.14. The minimum atomic E-state index is 0.273. The van der Waals surface area contributed by atoms with Crippen molar-refractivity contribution in [2.45, 2.75) is 41.2 Å². The highest BCUT2D eigenvalue weighted by molar-refractivity contribution is 5.82. The van der Waals surface area contributed by atoms with Crippen molar-refractivity contribution in [1.29, 1.82) is 5.26 Å². The van der Waals surface area contributed by atoms with Crippen molar-refractivity contribution in [1.82, 2.24) is 4.57 Å². The van der Waals surface area contributed by atoms with E-state index in [0.717, 1.165) is 22.5 Å². The lowest BCUT2D eigenvalue weighted by Gasteiger charge is -2.16. The Kier molecular flexibility index (Phi) is 5.65. The fourth-order valence-electron chi connectivity index (χ4n) is 3.74. The van der Waals surface area contributed by atoms with E-state index in [1.807, 2.05) is 18.2 Å². The van der Waals surface area contributed by atoms with Crippen LogP contribution >= 0.6 is 0 Å². The minimum Gasteiger partial charge on any atom is -0.391 e. The average Bonchev–Trinajstić information content (AvgIpc) is 2.92. The third-order valence-electron chi connectivity index (χ3n) is 4.95. The summed E-state index contributed by atoms with van der Waals surface area (Å²) in [6.45, 7) is 10.9. The van der Waals surface area contributed by atoms with Crippen molar-refractivity contribution in [3.63, 3.8) is 0 Å². The molecule has 0 spiro atoms. The summed E-state index contributed by atoms with van der Waals surface area (Å²) in [7, 11) is 0. The van der Waals surface area contributed by atoms with Gasteiger partial charge in [-0.3, -0.25) is 0 Å². The number of aromatic nitrogens is 1. The van der Waals surface area contributed by atoms with Gasteiger partial charge < -0.3 is 9.40 Å². The van der Waals surface area contributed by atoms with Gasteiger partial charge in [-0.25, -0.2) is 0 Å². The van der Waals surface area contributed by atoms with Crippen LogP contribution in [0.3, 0.4) is 0 Å². The summed E-state index contributed by atoms with van der Waals surface area (Å²) >= 11 is 0. The van der Waals surface area contributed by atoms with Crippen LogP contribution in [-0.2, 0) is 11.4 Å². The Labute approximate surface area is 166 Å². The molecule has 0 bridgehead atoms. The van der Waals surface area contributed by atoms with Crippen molar-refractivity contribution in [3.8, 4) is 11.8 Å². The van der Waals surface area contributed by atoms with E-state index in [1.54, 1.807) is 12.3 Å². The Morgan fingerprint density at radius 3 is 2.39 bits per heavy atom. The summed E-state index contributed by atoms with van der Waals surface area (Å²) in [5.41, 5.74) is 9.75. The summed E-state index contributed by atoms with van der Waals surface area (Å²) in [4.78, 5) is 5.45. The van der Waals surface area contributed by atoms with E-state index in [1.165, 1.54) is 22.4 Å². The highest BCUT2D eigenvalue weighted by Crippen LogP contribution is 2.26. The SMILES string of the molecule is Cc1cc(C)c(-n2c(C)cc(/C=N\OCc3ccccc3C#N)c2C)c(C)c1. The number of rotatable bonds is 5. The average molecular weight is 371 g/mol. The Hall–Kier alpha value is -3.32. The molecule has 0 aliphatic carbocycles. The van der Waals surface area contributed by atoms with E-state index in [0.29, 0.717) is 5.56 Å². The summed E-state index contributed by atoms with van der Waals surface area (Å²) in [5, 5.41) is 13.3. The molecule has 0 amide bonds. The van der Waals surface area contributed by atoms with Gasteiger partial charge in [-0.1, -0.05) is 41.1 Å². The fourth-order valence-corrected chi connectivity index (χ4v) is 3.74. The van der Waals surface area contributed by atoms with Gasteiger partial charge in [0.25, 0.3) is 0 Å². The number of benzene rings is 2. The van der Waals surface area contributed by atoms with Gasteiger partial charge >= 0.3 is 0 Å². The minimum absolute atomic E-state index is 0.273. The van der Waals surface area contributed by atoms with Gasteiger partial charge in [-0.2, -0.15) is 5.26 Å². The molecule has 0 N–H and O–H groups in total. The monoisotopic (exact) mass is 371 g/mol. The first-order valence-corrected chi connectivity index (χ1v) is 9.33. The van der Waals surface area contributed by atoms with Gasteiger partial charge in [0.2, 0.25) is 0 Å². The lowest BCUT2D eigenvalue weighted by atomic mass is 10.0. The van der Waals surface area contributed by atoms with E-state index >= 15 is 0 Å². The van der Waals surface area contributed by atoms with Crippen LogP contribution in [0, 0.1) is 45.9 Å². The molecule has 0 radical (unpaired) electrons. The molecule has 0 fully saturated rings. The quantitative estimate of drug-likeness (QED) is 0.443.